The van der Waals surface area contributed by atoms with Crippen LogP contribution in [-0.4, -0.2) is 47.3 Å². The lowest BCUT2D eigenvalue weighted by molar-refractivity contribution is -0.122. The second-order valence-electron chi connectivity index (χ2n) is 8.91. The predicted molar refractivity (Wildman–Crippen MR) is 121 cm³/mol. The second kappa shape index (κ2) is 10.1. The third-order valence-corrected chi connectivity index (χ3v) is 8.49. The molecule has 1 aromatic carbocycles. The van der Waals surface area contributed by atoms with Crippen LogP contribution in [0.1, 0.15) is 70.6 Å². The smallest absolute Gasteiger partial charge is 0.243 e. The maximum absolute atomic E-state index is 12.9. The number of nitrogens with one attached hydrogen (secondary N) is 1. The van der Waals surface area contributed by atoms with E-state index in [2.05, 4.69) is 10.3 Å². The standard InChI is InChI=1S/C23H34N4O3S/c28-23(25-19-9-5-2-1-3-6-10-19)13-16-26-18-24-21-17-20(11-12-22(21)26)31(29,30)27-14-7-4-8-15-27/h11-12,17-19H,1-10,13-16H2,(H,25,28). The number of sulfonamides is 1. The third kappa shape index (κ3) is 5.47. The van der Waals surface area contributed by atoms with Gasteiger partial charge in [0.2, 0.25) is 15.9 Å². The maximum atomic E-state index is 12.9. The summed E-state index contributed by atoms with van der Waals surface area (Å²) in [5.41, 5.74) is 1.51. The quantitative estimate of drug-likeness (QED) is 0.731. The van der Waals surface area contributed by atoms with E-state index in [0.29, 0.717) is 42.5 Å². The Morgan fingerprint density at radius 3 is 2.42 bits per heavy atom. The first kappa shape index (κ1) is 22.3. The lowest BCUT2D eigenvalue weighted by Gasteiger charge is -2.25. The summed E-state index contributed by atoms with van der Waals surface area (Å²) in [5.74, 6) is 0.0803. The molecule has 0 spiro atoms. The van der Waals surface area contributed by atoms with E-state index in [1.165, 1.54) is 32.1 Å². The van der Waals surface area contributed by atoms with Gasteiger partial charge < -0.3 is 9.88 Å². The highest BCUT2D eigenvalue weighted by Crippen LogP contribution is 2.24. The number of aryl methyl sites for hydroxylation is 1. The fraction of sp³-hybridized carbons (Fsp3) is 0.652. The first-order valence-electron chi connectivity index (χ1n) is 11.8. The van der Waals surface area contributed by atoms with Crippen LogP contribution in [0.3, 0.4) is 0 Å². The molecule has 1 aromatic heterocycles. The van der Waals surface area contributed by atoms with Gasteiger partial charge in [0.25, 0.3) is 0 Å². The molecule has 0 radical (unpaired) electrons. The Bertz CT molecular complexity index is 987. The molecular weight excluding hydrogens is 412 g/mol. The van der Waals surface area contributed by atoms with Gasteiger partial charge in [0.05, 0.1) is 22.3 Å². The molecule has 7 nitrogen and oxygen atoms in total. The topological polar surface area (TPSA) is 84.3 Å². The minimum absolute atomic E-state index is 0.0803. The third-order valence-electron chi connectivity index (χ3n) is 6.60. The Kier molecular flexibility index (Phi) is 7.27. The summed E-state index contributed by atoms with van der Waals surface area (Å²) in [7, 11) is -3.47. The van der Waals surface area contributed by atoms with Crippen molar-refractivity contribution in [2.75, 3.05) is 13.1 Å². The van der Waals surface area contributed by atoms with Crippen molar-refractivity contribution in [3.05, 3.63) is 24.5 Å². The summed E-state index contributed by atoms with van der Waals surface area (Å²) in [4.78, 5) is 17.2. The first-order chi connectivity index (χ1) is 15.0. The zero-order valence-corrected chi connectivity index (χ0v) is 19.1. The van der Waals surface area contributed by atoms with E-state index >= 15 is 0 Å². The van der Waals surface area contributed by atoms with Crippen LogP contribution in [0, 0.1) is 0 Å². The van der Waals surface area contributed by atoms with Gasteiger partial charge in [-0.2, -0.15) is 4.31 Å². The molecule has 1 aliphatic carbocycles. The van der Waals surface area contributed by atoms with Gasteiger partial charge in [-0.15, -0.1) is 0 Å². The number of fused-ring (bicyclic) bond motifs is 1. The van der Waals surface area contributed by atoms with Crippen molar-refractivity contribution in [2.24, 2.45) is 0 Å². The SMILES string of the molecule is O=C(CCn1cnc2cc(S(=O)(=O)N3CCCCC3)ccc21)NC1CCCCCCC1. The minimum atomic E-state index is -3.47. The molecule has 2 fully saturated rings. The average Bonchev–Trinajstić information content (AvgIpc) is 3.17. The van der Waals surface area contributed by atoms with Crippen LogP contribution in [0.25, 0.3) is 11.0 Å². The molecule has 170 valence electrons. The van der Waals surface area contributed by atoms with Gasteiger partial charge in [0.1, 0.15) is 0 Å². The van der Waals surface area contributed by atoms with Crippen molar-refractivity contribution in [2.45, 2.75) is 88.1 Å². The van der Waals surface area contributed by atoms with E-state index in [9.17, 15) is 13.2 Å². The summed E-state index contributed by atoms with van der Waals surface area (Å²) >= 11 is 0. The number of imidazole rings is 1. The van der Waals surface area contributed by atoms with E-state index in [0.717, 1.165) is 37.6 Å². The number of aromatic nitrogens is 2. The van der Waals surface area contributed by atoms with Crippen LogP contribution in [0.2, 0.25) is 0 Å². The first-order valence-corrected chi connectivity index (χ1v) is 13.2. The number of carbonyl (C=O) groups excluding carboxylic acids is 1. The largest absolute Gasteiger partial charge is 0.353 e. The van der Waals surface area contributed by atoms with E-state index in [1.54, 1.807) is 22.8 Å². The van der Waals surface area contributed by atoms with Gasteiger partial charge in [-0.25, -0.2) is 13.4 Å². The van der Waals surface area contributed by atoms with Crippen molar-refractivity contribution >= 4 is 27.0 Å². The van der Waals surface area contributed by atoms with Crippen molar-refractivity contribution in [1.29, 1.82) is 0 Å². The number of rotatable bonds is 6. The van der Waals surface area contributed by atoms with Gasteiger partial charge in [0.15, 0.2) is 0 Å². The normalized spacial score (nSPS) is 19.7. The fourth-order valence-electron chi connectivity index (χ4n) is 4.76. The summed E-state index contributed by atoms with van der Waals surface area (Å²) in [5, 5.41) is 3.20. The Labute approximate surface area is 185 Å². The molecule has 0 unspecified atom stereocenters. The Morgan fingerprint density at radius 2 is 1.68 bits per heavy atom. The molecule has 0 bridgehead atoms. The predicted octanol–water partition coefficient (Wildman–Crippen LogP) is 3.83. The van der Waals surface area contributed by atoms with Crippen LogP contribution in [-0.2, 0) is 21.4 Å². The molecule has 31 heavy (non-hydrogen) atoms. The van der Waals surface area contributed by atoms with Crippen molar-refractivity contribution in [1.82, 2.24) is 19.2 Å². The van der Waals surface area contributed by atoms with Crippen LogP contribution >= 0.6 is 0 Å². The average molecular weight is 447 g/mol. The number of amides is 1. The summed E-state index contributed by atoms with van der Waals surface area (Å²) in [6.07, 6.45) is 13.4. The number of piperidine rings is 1. The number of benzene rings is 1. The molecule has 0 atom stereocenters. The summed E-state index contributed by atoms with van der Waals surface area (Å²) in [6.45, 7) is 1.71. The number of nitrogens with zero attached hydrogens (tertiary/aromatic N) is 3. The highest BCUT2D eigenvalue weighted by Gasteiger charge is 2.26. The molecular formula is C23H34N4O3S. The van der Waals surface area contributed by atoms with Crippen LogP contribution in [0.15, 0.2) is 29.4 Å². The van der Waals surface area contributed by atoms with E-state index in [1.807, 2.05) is 10.6 Å². The molecule has 1 amide bonds. The van der Waals surface area contributed by atoms with Crippen molar-refractivity contribution in [3.63, 3.8) is 0 Å². The van der Waals surface area contributed by atoms with Crippen molar-refractivity contribution in [3.8, 4) is 0 Å². The van der Waals surface area contributed by atoms with Crippen LogP contribution in [0.5, 0.6) is 0 Å². The monoisotopic (exact) mass is 446 g/mol. The molecule has 2 heterocycles. The number of hydrogen-bond donors (Lipinski definition) is 1. The molecule has 2 aliphatic rings. The van der Waals surface area contributed by atoms with Gasteiger partial charge in [-0.1, -0.05) is 38.5 Å². The van der Waals surface area contributed by atoms with E-state index in [4.69, 9.17) is 0 Å². The zero-order chi connectivity index (χ0) is 21.7. The fourth-order valence-corrected chi connectivity index (χ4v) is 6.30. The van der Waals surface area contributed by atoms with E-state index < -0.39 is 10.0 Å². The van der Waals surface area contributed by atoms with Crippen LogP contribution < -0.4 is 5.32 Å². The highest BCUT2D eigenvalue weighted by atomic mass is 32.2. The molecule has 1 aliphatic heterocycles. The van der Waals surface area contributed by atoms with Gasteiger partial charge in [-0.05, 0) is 43.9 Å². The Balaban J connectivity index is 1.38. The van der Waals surface area contributed by atoms with Crippen molar-refractivity contribution < 1.29 is 13.2 Å². The van der Waals surface area contributed by atoms with Crippen LogP contribution in [0.4, 0.5) is 0 Å². The Morgan fingerprint density at radius 1 is 1.00 bits per heavy atom. The minimum Gasteiger partial charge on any atom is -0.353 e. The molecule has 2 aromatic rings. The molecule has 8 heteroatoms. The summed E-state index contributed by atoms with van der Waals surface area (Å²) in [6, 6.07) is 5.44. The zero-order valence-electron chi connectivity index (χ0n) is 18.3. The van der Waals surface area contributed by atoms with E-state index in [-0.39, 0.29) is 5.91 Å². The highest BCUT2D eigenvalue weighted by molar-refractivity contribution is 7.89. The maximum Gasteiger partial charge on any atom is 0.243 e. The van der Waals surface area contributed by atoms with Gasteiger partial charge >= 0.3 is 0 Å². The van der Waals surface area contributed by atoms with Gasteiger partial charge in [0, 0.05) is 32.1 Å². The van der Waals surface area contributed by atoms with Gasteiger partial charge in [-0.3, -0.25) is 4.79 Å². The molecule has 1 N–H and O–H groups in total. The Hall–Kier alpha value is -1.93. The number of carbonyl (C=O) groups is 1. The number of hydrogen-bond acceptors (Lipinski definition) is 4. The summed E-state index contributed by atoms with van der Waals surface area (Å²) < 4.78 is 29.4. The lowest BCUT2D eigenvalue weighted by atomic mass is 9.96. The molecule has 1 saturated heterocycles. The lowest BCUT2D eigenvalue weighted by Crippen LogP contribution is -2.35. The molecule has 1 saturated carbocycles. The second-order valence-corrected chi connectivity index (χ2v) is 10.9. The molecule has 4 rings (SSSR count).